The second-order valence-electron chi connectivity index (χ2n) is 5.71. The van der Waals surface area contributed by atoms with E-state index in [2.05, 4.69) is 0 Å². The Labute approximate surface area is 114 Å². The zero-order valence-electron chi connectivity index (χ0n) is 11.4. The first-order valence-corrected chi connectivity index (χ1v) is 7.36. The Bertz CT molecular complexity index is 398. The highest BCUT2D eigenvalue weighted by molar-refractivity contribution is 5.19. The van der Waals surface area contributed by atoms with E-state index in [1.54, 1.807) is 0 Å². The normalized spacial score (nSPS) is 19.7. The minimum absolute atomic E-state index is 0.0157. The van der Waals surface area contributed by atoms with Crippen LogP contribution in [-0.4, -0.2) is 6.04 Å². The third kappa shape index (κ3) is 4.27. The van der Waals surface area contributed by atoms with Crippen molar-refractivity contribution in [2.45, 2.75) is 57.4 Å². The summed E-state index contributed by atoms with van der Waals surface area (Å²) in [5.74, 6) is -0.521. The molecule has 0 saturated heterocycles. The van der Waals surface area contributed by atoms with Gasteiger partial charge in [0, 0.05) is 12.1 Å². The van der Waals surface area contributed by atoms with Crippen molar-refractivity contribution in [3.63, 3.8) is 0 Å². The highest BCUT2D eigenvalue weighted by Gasteiger charge is 2.20. The average Bonchev–Trinajstić information content (AvgIpc) is 2.32. The van der Waals surface area contributed by atoms with Crippen LogP contribution in [0, 0.1) is 17.6 Å². The van der Waals surface area contributed by atoms with Crippen LogP contribution in [0.5, 0.6) is 0 Å². The van der Waals surface area contributed by atoms with Gasteiger partial charge in [-0.2, -0.15) is 0 Å². The van der Waals surface area contributed by atoms with Gasteiger partial charge in [-0.15, -0.1) is 0 Å². The van der Waals surface area contributed by atoms with Crippen molar-refractivity contribution in [3.05, 3.63) is 35.4 Å². The van der Waals surface area contributed by atoms with Crippen molar-refractivity contribution in [2.75, 3.05) is 0 Å². The molecule has 1 aromatic carbocycles. The molecule has 3 heteroatoms. The Morgan fingerprint density at radius 1 is 1.05 bits per heavy atom. The molecule has 0 aliphatic heterocycles. The SMILES string of the molecule is NC(Cc1ccc(F)cc1F)C1CCCCCCC1. The molecule has 0 heterocycles. The largest absolute Gasteiger partial charge is 0.327 e. The predicted molar refractivity (Wildman–Crippen MR) is 73.8 cm³/mol. The number of halogens is 2. The van der Waals surface area contributed by atoms with Crippen molar-refractivity contribution in [1.29, 1.82) is 0 Å². The fourth-order valence-electron chi connectivity index (χ4n) is 3.02. The minimum atomic E-state index is -0.527. The van der Waals surface area contributed by atoms with Crippen LogP contribution >= 0.6 is 0 Å². The maximum atomic E-state index is 13.6. The molecule has 0 radical (unpaired) electrons. The van der Waals surface area contributed by atoms with E-state index in [1.165, 1.54) is 44.2 Å². The summed E-state index contributed by atoms with van der Waals surface area (Å²) in [6.07, 6.45) is 9.15. The summed E-state index contributed by atoms with van der Waals surface area (Å²) in [7, 11) is 0. The lowest BCUT2D eigenvalue weighted by Crippen LogP contribution is -2.33. The van der Waals surface area contributed by atoms with Gasteiger partial charge in [-0.1, -0.05) is 38.2 Å². The van der Waals surface area contributed by atoms with E-state index in [4.69, 9.17) is 5.73 Å². The molecule has 2 rings (SSSR count). The van der Waals surface area contributed by atoms with Crippen molar-refractivity contribution in [1.82, 2.24) is 0 Å². The molecule has 1 unspecified atom stereocenters. The molecule has 106 valence electrons. The summed E-state index contributed by atoms with van der Waals surface area (Å²) in [5, 5.41) is 0. The van der Waals surface area contributed by atoms with Crippen LogP contribution < -0.4 is 5.73 Å². The van der Waals surface area contributed by atoms with Crippen molar-refractivity contribution in [3.8, 4) is 0 Å². The lowest BCUT2D eigenvalue weighted by Gasteiger charge is -2.26. The van der Waals surface area contributed by atoms with Crippen LogP contribution in [0.4, 0.5) is 8.78 Å². The Morgan fingerprint density at radius 3 is 2.32 bits per heavy atom. The molecule has 1 fully saturated rings. The molecule has 0 aromatic heterocycles. The van der Waals surface area contributed by atoms with Crippen molar-refractivity contribution >= 4 is 0 Å². The summed E-state index contributed by atoms with van der Waals surface area (Å²) < 4.78 is 26.5. The van der Waals surface area contributed by atoms with E-state index in [0.717, 1.165) is 18.9 Å². The van der Waals surface area contributed by atoms with E-state index < -0.39 is 11.6 Å². The van der Waals surface area contributed by atoms with Gasteiger partial charge in [0.05, 0.1) is 0 Å². The maximum Gasteiger partial charge on any atom is 0.129 e. The lowest BCUT2D eigenvalue weighted by molar-refractivity contribution is 0.320. The van der Waals surface area contributed by atoms with E-state index >= 15 is 0 Å². The van der Waals surface area contributed by atoms with Gasteiger partial charge in [-0.25, -0.2) is 8.78 Å². The Hall–Kier alpha value is -0.960. The number of nitrogens with two attached hydrogens (primary N) is 1. The van der Waals surface area contributed by atoms with Crippen LogP contribution in [0.15, 0.2) is 18.2 Å². The molecular weight excluding hydrogens is 244 g/mol. The second-order valence-corrected chi connectivity index (χ2v) is 5.71. The molecule has 1 nitrogen and oxygen atoms in total. The van der Waals surface area contributed by atoms with Gasteiger partial charge < -0.3 is 5.73 Å². The van der Waals surface area contributed by atoms with E-state index in [0.29, 0.717) is 17.9 Å². The number of hydrogen-bond donors (Lipinski definition) is 1. The molecule has 2 N–H and O–H groups in total. The van der Waals surface area contributed by atoms with Gasteiger partial charge in [0.25, 0.3) is 0 Å². The highest BCUT2D eigenvalue weighted by Crippen LogP contribution is 2.26. The summed E-state index contributed by atoms with van der Waals surface area (Å²) in [5.41, 5.74) is 6.79. The van der Waals surface area contributed by atoms with Crippen LogP contribution in [0.2, 0.25) is 0 Å². The smallest absolute Gasteiger partial charge is 0.129 e. The molecule has 1 aromatic rings. The van der Waals surface area contributed by atoms with Gasteiger partial charge in [0.1, 0.15) is 11.6 Å². The number of benzene rings is 1. The van der Waals surface area contributed by atoms with E-state index in [9.17, 15) is 8.78 Å². The Balaban J connectivity index is 1.96. The van der Waals surface area contributed by atoms with Crippen LogP contribution in [0.3, 0.4) is 0 Å². The molecule has 1 atom stereocenters. The zero-order valence-corrected chi connectivity index (χ0v) is 11.4. The molecule has 1 aliphatic carbocycles. The van der Waals surface area contributed by atoms with Gasteiger partial charge in [0.15, 0.2) is 0 Å². The second kappa shape index (κ2) is 6.99. The van der Waals surface area contributed by atoms with Crippen LogP contribution in [0.25, 0.3) is 0 Å². The fraction of sp³-hybridized carbons (Fsp3) is 0.625. The molecule has 0 spiro atoms. The van der Waals surface area contributed by atoms with E-state index in [-0.39, 0.29) is 6.04 Å². The number of hydrogen-bond acceptors (Lipinski definition) is 1. The maximum absolute atomic E-state index is 13.6. The average molecular weight is 267 g/mol. The third-order valence-electron chi connectivity index (χ3n) is 4.23. The van der Waals surface area contributed by atoms with Crippen LogP contribution in [0.1, 0.15) is 50.5 Å². The fourth-order valence-corrected chi connectivity index (χ4v) is 3.02. The highest BCUT2D eigenvalue weighted by atomic mass is 19.1. The molecular formula is C16H23F2N. The Morgan fingerprint density at radius 2 is 1.68 bits per heavy atom. The monoisotopic (exact) mass is 267 g/mol. The topological polar surface area (TPSA) is 26.0 Å². The van der Waals surface area contributed by atoms with Crippen molar-refractivity contribution < 1.29 is 8.78 Å². The minimum Gasteiger partial charge on any atom is -0.327 e. The first kappa shape index (κ1) is 14.4. The molecule has 19 heavy (non-hydrogen) atoms. The quantitative estimate of drug-likeness (QED) is 0.873. The molecule has 1 aliphatic rings. The summed E-state index contributed by atoms with van der Waals surface area (Å²) >= 11 is 0. The first-order chi connectivity index (χ1) is 9.16. The van der Waals surface area contributed by atoms with Gasteiger partial charge >= 0.3 is 0 Å². The predicted octanol–water partition coefficient (Wildman–Crippen LogP) is 4.20. The summed E-state index contributed by atoms with van der Waals surface area (Å²) in [4.78, 5) is 0. The van der Waals surface area contributed by atoms with E-state index in [1.807, 2.05) is 0 Å². The summed E-state index contributed by atoms with van der Waals surface area (Å²) in [6, 6.07) is 3.76. The van der Waals surface area contributed by atoms with Gasteiger partial charge in [0.2, 0.25) is 0 Å². The molecule has 1 saturated carbocycles. The number of rotatable bonds is 3. The molecule has 0 bridgehead atoms. The summed E-state index contributed by atoms with van der Waals surface area (Å²) in [6.45, 7) is 0. The third-order valence-corrected chi connectivity index (χ3v) is 4.23. The van der Waals surface area contributed by atoms with Gasteiger partial charge in [-0.3, -0.25) is 0 Å². The first-order valence-electron chi connectivity index (χ1n) is 7.36. The van der Waals surface area contributed by atoms with Gasteiger partial charge in [-0.05, 0) is 36.8 Å². The molecule has 0 amide bonds. The standard InChI is InChI=1S/C16H23F2N/c17-14-9-8-13(15(18)11-14)10-16(19)12-6-4-2-1-3-5-7-12/h8-9,11-12,16H,1-7,10,19H2. The van der Waals surface area contributed by atoms with Crippen molar-refractivity contribution in [2.24, 2.45) is 11.7 Å². The van der Waals surface area contributed by atoms with Crippen LogP contribution in [-0.2, 0) is 6.42 Å². The zero-order chi connectivity index (χ0) is 13.7. The lowest BCUT2D eigenvalue weighted by atomic mass is 9.84. The Kier molecular flexibility index (Phi) is 5.32.